The van der Waals surface area contributed by atoms with Crippen molar-refractivity contribution in [2.45, 2.75) is 32.2 Å². The van der Waals surface area contributed by atoms with Crippen LogP contribution in [0.25, 0.3) is 6.08 Å². The van der Waals surface area contributed by atoms with Crippen LogP contribution in [0.15, 0.2) is 29.8 Å². The van der Waals surface area contributed by atoms with Crippen molar-refractivity contribution in [1.82, 2.24) is 5.32 Å². The lowest BCUT2D eigenvalue weighted by molar-refractivity contribution is -0.384. The SMILES string of the molecule is CCC(=Cc1cccc([N+](=O)[O-])c1)CNC1CC1. The predicted octanol–water partition coefficient (Wildman–Crippen LogP) is 3.14. The molecule has 1 fully saturated rings. The van der Waals surface area contributed by atoms with Gasteiger partial charge in [0, 0.05) is 24.7 Å². The zero-order valence-electron chi connectivity index (χ0n) is 10.6. The largest absolute Gasteiger partial charge is 0.310 e. The van der Waals surface area contributed by atoms with Gasteiger partial charge in [0.25, 0.3) is 5.69 Å². The van der Waals surface area contributed by atoms with Crippen molar-refractivity contribution in [1.29, 1.82) is 0 Å². The first-order valence-electron chi connectivity index (χ1n) is 6.36. The van der Waals surface area contributed by atoms with Crippen molar-refractivity contribution >= 4 is 11.8 Å². The Hall–Kier alpha value is -1.68. The summed E-state index contributed by atoms with van der Waals surface area (Å²) in [5.74, 6) is 0. The molecule has 2 rings (SSSR count). The van der Waals surface area contributed by atoms with Crippen LogP contribution in [-0.2, 0) is 0 Å². The maximum atomic E-state index is 10.7. The van der Waals surface area contributed by atoms with Crippen LogP contribution in [0.4, 0.5) is 5.69 Å². The lowest BCUT2D eigenvalue weighted by Crippen LogP contribution is -2.18. The Kier molecular flexibility index (Phi) is 4.10. The standard InChI is InChI=1S/C14H18N2O2/c1-2-11(10-15-13-6-7-13)8-12-4-3-5-14(9-12)16(17)18/h3-5,8-9,13,15H,2,6-7,10H2,1H3. The predicted molar refractivity (Wildman–Crippen MR) is 72.4 cm³/mol. The highest BCUT2D eigenvalue weighted by Gasteiger charge is 2.20. The molecule has 0 radical (unpaired) electrons. The van der Waals surface area contributed by atoms with Crippen molar-refractivity contribution in [2.75, 3.05) is 6.54 Å². The molecule has 1 aromatic rings. The molecule has 1 aliphatic carbocycles. The van der Waals surface area contributed by atoms with Gasteiger partial charge in [-0.05, 0) is 24.8 Å². The van der Waals surface area contributed by atoms with Gasteiger partial charge in [-0.1, -0.05) is 30.7 Å². The number of nitro benzene ring substituents is 1. The smallest absolute Gasteiger partial charge is 0.270 e. The number of benzene rings is 1. The van der Waals surface area contributed by atoms with Crippen LogP contribution in [0.2, 0.25) is 0 Å². The van der Waals surface area contributed by atoms with Gasteiger partial charge >= 0.3 is 0 Å². The molecule has 4 nitrogen and oxygen atoms in total. The third-order valence-electron chi connectivity index (χ3n) is 3.10. The molecule has 0 amide bonds. The number of nitro groups is 1. The number of hydrogen-bond acceptors (Lipinski definition) is 3. The summed E-state index contributed by atoms with van der Waals surface area (Å²) in [6.07, 6.45) is 5.55. The molecule has 1 aromatic carbocycles. The summed E-state index contributed by atoms with van der Waals surface area (Å²) in [6.45, 7) is 2.99. The van der Waals surface area contributed by atoms with E-state index in [0.29, 0.717) is 6.04 Å². The highest BCUT2D eigenvalue weighted by Crippen LogP contribution is 2.20. The minimum absolute atomic E-state index is 0.148. The molecule has 0 unspecified atom stereocenters. The van der Waals surface area contributed by atoms with Crippen molar-refractivity contribution < 1.29 is 4.92 Å². The highest BCUT2D eigenvalue weighted by atomic mass is 16.6. The maximum absolute atomic E-state index is 10.7. The Balaban J connectivity index is 2.07. The topological polar surface area (TPSA) is 55.2 Å². The summed E-state index contributed by atoms with van der Waals surface area (Å²) in [6, 6.07) is 7.45. The van der Waals surface area contributed by atoms with Crippen LogP contribution in [0.1, 0.15) is 31.7 Å². The summed E-state index contributed by atoms with van der Waals surface area (Å²) < 4.78 is 0. The van der Waals surface area contributed by atoms with Gasteiger partial charge in [-0.3, -0.25) is 10.1 Å². The van der Waals surface area contributed by atoms with E-state index in [1.54, 1.807) is 12.1 Å². The summed E-state index contributed by atoms with van der Waals surface area (Å²) in [5.41, 5.74) is 2.33. The monoisotopic (exact) mass is 246 g/mol. The van der Waals surface area contributed by atoms with Crippen molar-refractivity contribution in [3.05, 3.63) is 45.5 Å². The molecule has 1 aliphatic rings. The zero-order valence-corrected chi connectivity index (χ0v) is 10.6. The summed E-state index contributed by atoms with van der Waals surface area (Å²) in [5, 5.41) is 14.2. The fourth-order valence-electron chi connectivity index (χ4n) is 1.80. The molecule has 0 heterocycles. The molecule has 18 heavy (non-hydrogen) atoms. The van der Waals surface area contributed by atoms with Gasteiger partial charge in [0.15, 0.2) is 0 Å². The van der Waals surface area contributed by atoms with E-state index in [1.165, 1.54) is 24.5 Å². The Morgan fingerprint density at radius 3 is 2.94 bits per heavy atom. The first kappa shape index (κ1) is 12.8. The Morgan fingerprint density at radius 2 is 2.33 bits per heavy atom. The fourth-order valence-corrected chi connectivity index (χ4v) is 1.80. The fraction of sp³-hybridized carbons (Fsp3) is 0.429. The van der Waals surface area contributed by atoms with Crippen molar-refractivity contribution in [3.8, 4) is 0 Å². The normalized spacial score (nSPS) is 15.7. The van der Waals surface area contributed by atoms with Crippen molar-refractivity contribution in [2.24, 2.45) is 0 Å². The lowest BCUT2D eigenvalue weighted by Gasteiger charge is -2.06. The van der Waals surface area contributed by atoms with Gasteiger partial charge in [0.2, 0.25) is 0 Å². The van der Waals surface area contributed by atoms with Gasteiger partial charge < -0.3 is 5.32 Å². The number of nitrogens with one attached hydrogen (secondary N) is 1. The Morgan fingerprint density at radius 1 is 1.56 bits per heavy atom. The van der Waals surface area contributed by atoms with E-state index in [9.17, 15) is 10.1 Å². The van der Waals surface area contributed by atoms with Gasteiger partial charge in [0.1, 0.15) is 0 Å². The van der Waals surface area contributed by atoms with Crippen LogP contribution < -0.4 is 5.32 Å². The second-order valence-electron chi connectivity index (χ2n) is 4.66. The maximum Gasteiger partial charge on any atom is 0.270 e. The summed E-state index contributed by atoms with van der Waals surface area (Å²) >= 11 is 0. The molecule has 0 aromatic heterocycles. The van der Waals surface area contributed by atoms with Crippen LogP contribution in [0, 0.1) is 10.1 Å². The molecular formula is C14H18N2O2. The molecule has 96 valence electrons. The first-order valence-corrected chi connectivity index (χ1v) is 6.36. The minimum atomic E-state index is -0.356. The number of nitrogens with zero attached hydrogens (tertiary/aromatic N) is 1. The van der Waals surface area contributed by atoms with Crippen LogP contribution in [0.5, 0.6) is 0 Å². The quantitative estimate of drug-likeness (QED) is 0.619. The van der Waals surface area contributed by atoms with E-state index in [4.69, 9.17) is 0 Å². The van der Waals surface area contributed by atoms with Gasteiger partial charge in [0.05, 0.1) is 4.92 Å². The average Bonchev–Trinajstić information content (AvgIpc) is 3.18. The van der Waals surface area contributed by atoms with Gasteiger partial charge in [-0.2, -0.15) is 0 Å². The molecular weight excluding hydrogens is 228 g/mol. The number of non-ortho nitro benzene ring substituents is 1. The summed E-state index contributed by atoms with van der Waals surface area (Å²) in [4.78, 5) is 10.3. The van der Waals surface area contributed by atoms with E-state index in [0.717, 1.165) is 18.5 Å². The van der Waals surface area contributed by atoms with E-state index >= 15 is 0 Å². The van der Waals surface area contributed by atoms with E-state index in [2.05, 4.69) is 12.2 Å². The minimum Gasteiger partial charge on any atom is -0.310 e. The number of hydrogen-bond donors (Lipinski definition) is 1. The van der Waals surface area contributed by atoms with Crippen LogP contribution >= 0.6 is 0 Å². The number of rotatable bonds is 6. The van der Waals surface area contributed by atoms with Gasteiger partial charge in [-0.15, -0.1) is 0 Å². The average molecular weight is 246 g/mol. The van der Waals surface area contributed by atoms with E-state index in [-0.39, 0.29) is 10.6 Å². The Bertz CT molecular complexity index is 465. The zero-order chi connectivity index (χ0) is 13.0. The highest BCUT2D eigenvalue weighted by molar-refractivity contribution is 5.56. The molecule has 1 saturated carbocycles. The summed E-state index contributed by atoms with van der Waals surface area (Å²) in [7, 11) is 0. The second kappa shape index (κ2) is 5.78. The molecule has 0 bridgehead atoms. The molecule has 1 N–H and O–H groups in total. The van der Waals surface area contributed by atoms with Gasteiger partial charge in [-0.25, -0.2) is 0 Å². The molecule has 4 heteroatoms. The molecule has 0 atom stereocenters. The molecule has 0 spiro atoms. The third kappa shape index (κ3) is 3.67. The Labute approximate surface area is 107 Å². The second-order valence-corrected chi connectivity index (χ2v) is 4.66. The molecule has 0 saturated heterocycles. The van der Waals surface area contributed by atoms with E-state index < -0.39 is 0 Å². The third-order valence-corrected chi connectivity index (χ3v) is 3.10. The van der Waals surface area contributed by atoms with Crippen LogP contribution in [-0.4, -0.2) is 17.5 Å². The lowest BCUT2D eigenvalue weighted by atomic mass is 10.1. The van der Waals surface area contributed by atoms with Crippen molar-refractivity contribution in [3.63, 3.8) is 0 Å². The first-order chi connectivity index (χ1) is 8.69. The van der Waals surface area contributed by atoms with Crippen LogP contribution in [0.3, 0.4) is 0 Å². The van der Waals surface area contributed by atoms with E-state index in [1.807, 2.05) is 12.1 Å². The molecule has 0 aliphatic heterocycles.